The summed E-state index contributed by atoms with van der Waals surface area (Å²) in [6.07, 6.45) is 1.52. The molecule has 0 saturated carbocycles. The van der Waals surface area contributed by atoms with Crippen LogP contribution in [0, 0.1) is 5.82 Å². The second-order valence-electron chi connectivity index (χ2n) is 7.81. The van der Waals surface area contributed by atoms with Crippen molar-refractivity contribution < 1.29 is 27.1 Å². The van der Waals surface area contributed by atoms with Crippen molar-refractivity contribution in [3.63, 3.8) is 0 Å². The molecule has 0 atom stereocenters. The Labute approximate surface area is 207 Å². The Kier molecular flexibility index (Phi) is 7.93. The average Bonchev–Trinajstić information content (AvgIpc) is 3.52. The summed E-state index contributed by atoms with van der Waals surface area (Å²) in [5.74, 6) is -1.86. The van der Waals surface area contributed by atoms with E-state index in [1.165, 1.54) is 5.56 Å². The fourth-order valence-electron chi connectivity index (χ4n) is 3.45. The van der Waals surface area contributed by atoms with Gasteiger partial charge in [-0.2, -0.15) is 13.2 Å². The largest absolute Gasteiger partial charge is 0.487 e. The predicted molar refractivity (Wildman–Crippen MR) is 125 cm³/mol. The molecule has 4 rings (SSSR count). The molecule has 2 aromatic heterocycles. The Morgan fingerprint density at radius 2 is 1.92 bits per heavy atom. The average molecular weight is 520 g/mol. The maximum Gasteiger partial charge on any atom is 0.417 e. The molecule has 0 aliphatic rings. The maximum absolute atomic E-state index is 14.0. The highest BCUT2D eigenvalue weighted by atomic mass is 32.1. The highest BCUT2D eigenvalue weighted by Crippen LogP contribution is 2.33. The summed E-state index contributed by atoms with van der Waals surface area (Å²) in [4.78, 5) is 16.5. The summed E-state index contributed by atoms with van der Waals surface area (Å²) in [6.45, 7) is 0.915. The number of benzene rings is 2. The third-order valence-corrected chi connectivity index (χ3v) is 6.01. The van der Waals surface area contributed by atoms with Crippen LogP contribution in [0.25, 0.3) is 0 Å². The molecule has 1 amide bonds. The van der Waals surface area contributed by atoms with E-state index < -0.39 is 29.0 Å². The molecule has 188 valence electrons. The third-order valence-electron chi connectivity index (χ3n) is 5.20. The number of hydrogen-bond acceptors (Lipinski definition) is 6. The summed E-state index contributed by atoms with van der Waals surface area (Å²) in [6, 6.07) is 10.0. The zero-order valence-corrected chi connectivity index (χ0v) is 19.7. The maximum atomic E-state index is 14.0. The Bertz CT molecular complexity index is 1290. The van der Waals surface area contributed by atoms with Gasteiger partial charge in [0.2, 0.25) is 0 Å². The van der Waals surface area contributed by atoms with Crippen molar-refractivity contribution >= 4 is 22.4 Å². The Hall–Kier alpha value is -3.80. The molecule has 0 aliphatic carbocycles. The number of carbonyl (C=O) groups is 1. The number of anilines is 1. The van der Waals surface area contributed by atoms with E-state index in [9.17, 15) is 22.4 Å². The van der Waals surface area contributed by atoms with E-state index in [0.717, 1.165) is 49.3 Å². The van der Waals surface area contributed by atoms with Gasteiger partial charge in [0, 0.05) is 18.1 Å². The minimum Gasteiger partial charge on any atom is -0.487 e. The molecule has 7 nitrogen and oxygen atoms in total. The molecular formula is C24H21F4N5O2S. The highest BCUT2D eigenvalue weighted by molar-refractivity contribution is 7.14. The van der Waals surface area contributed by atoms with Crippen LogP contribution in [0.15, 0.2) is 60.2 Å². The molecule has 0 spiro atoms. The van der Waals surface area contributed by atoms with Crippen molar-refractivity contribution in [1.82, 2.24) is 20.0 Å². The van der Waals surface area contributed by atoms with Gasteiger partial charge < -0.3 is 4.74 Å². The molecule has 0 fully saturated rings. The SMILES string of the molecule is O=C(Nc1nc(COc2ccc(CCCCn3ccnn3)cc2)cs1)c1c(F)cccc1C(F)(F)F. The molecule has 0 unspecified atom stereocenters. The van der Waals surface area contributed by atoms with Crippen LogP contribution in [0.2, 0.25) is 0 Å². The van der Waals surface area contributed by atoms with Gasteiger partial charge in [0.15, 0.2) is 5.13 Å². The number of aromatic nitrogens is 4. The van der Waals surface area contributed by atoms with Crippen LogP contribution in [0.5, 0.6) is 5.75 Å². The van der Waals surface area contributed by atoms with E-state index in [-0.39, 0.29) is 11.7 Å². The quantitative estimate of drug-likeness (QED) is 0.213. The fraction of sp³-hybridized carbons (Fsp3) is 0.250. The van der Waals surface area contributed by atoms with Crippen molar-refractivity contribution in [3.05, 3.63) is 88.4 Å². The number of unbranched alkanes of at least 4 members (excludes halogenated alkanes) is 1. The van der Waals surface area contributed by atoms with Crippen LogP contribution < -0.4 is 10.1 Å². The lowest BCUT2D eigenvalue weighted by atomic mass is 10.1. The van der Waals surface area contributed by atoms with Gasteiger partial charge in [0.05, 0.1) is 23.0 Å². The second kappa shape index (κ2) is 11.3. The molecule has 2 aromatic carbocycles. The van der Waals surface area contributed by atoms with E-state index in [2.05, 4.69) is 20.6 Å². The van der Waals surface area contributed by atoms with E-state index in [1.54, 1.807) is 16.3 Å². The van der Waals surface area contributed by atoms with Gasteiger partial charge in [-0.25, -0.2) is 9.37 Å². The summed E-state index contributed by atoms with van der Waals surface area (Å²) in [5, 5.41) is 11.6. The first-order valence-corrected chi connectivity index (χ1v) is 11.8. The van der Waals surface area contributed by atoms with E-state index in [4.69, 9.17) is 4.74 Å². The molecule has 0 saturated heterocycles. The molecular weight excluding hydrogens is 498 g/mol. The fourth-order valence-corrected chi connectivity index (χ4v) is 4.14. The number of ether oxygens (including phenoxy) is 1. The molecule has 2 heterocycles. The normalized spacial score (nSPS) is 11.4. The van der Waals surface area contributed by atoms with Crippen LogP contribution in [0.1, 0.15) is 40.0 Å². The molecule has 36 heavy (non-hydrogen) atoms. The van der Waals surface area contributed by atoms with Crippen LogP contribution in [0.3, 0.4) is 0 Å². The first-order valence-electron chi connectivity index (χ1n) is 11.0. The lowest BCUT2D eigenvalue weighted by molar-refractivity contribution is -0.138. The number of nitrogens with one attached hydrogen (secondary N) is 1. The molecule has 0 bridgehead atoms. The summed E-state index contributed by atoms with van der Waals surface area (Å²) >= 11 is 1.00. The molecule has 0 aliphatic heterocycles. The topological polar surface area (TPSA) is 81.9 Å². The van der Waals surface area contributed by atoms with Gasteiger partial charge in [-0.15, -0.1) is 16.4 Å². The van der Waals surface area contributed by atoms with Crippen molar-refractivity contribution in [2.75, 3.05) is 5.32 Å². The lowest BCUT2D eigenvalue weighted by Crippen LogP contribution is -2.20. The van der Waals surface area contributed by atoms with Crippen LogP contribution >= 0.6 is 11.3 Å². The number of carbonyl (C=O) groups excluding carboxylic acids is 1. The van der Waals surface area contributed by atoms with Gasteiger partial charge >= 0.3 is 6.18 Å². The van der Waals surface area contributed by atoms with E-state index >= 15 is 0 Å². The zero-order chi connectivity index (χ0) is 25.5. The summed E-state index contributed by atoms with van der Waals surface area (Å²) in [7, 11) is 0. The number of nitrogens with zero attached hydrogens (tertiary/aromatic N) is 4. The van der Waals surface area contributed by atoms with Gasteiger partial charge in [-0.1, -0.05) is 23.4 Å². The van der Waals surface area contributed by atoms with Crippen molar-refractivity contribution in [2.45, 2.75) is 38.6 Å². The summed E-state index contributed by atoms with van der Waals surface area (Å²) in [5.41, 5.74) is -0.779. The Morgan fingerprint density at radius 3 is 2.64 bits per heavy atom. The number of thiazole rings is 1. The summed E-state index contributed by atoms with van der Waals surface area (Å²) < 4.78 is 61.0. The highest BCUT2D eigenvalue weighted by Gasteiger charge is 2.37. The lowest BCUT2D eigenvalue weighted by Gasteiger charge is -2.12. The second-order valence-corrected chi connectivity index (χ2v) is 8.67. The number of hydrogen-bond donors (Lipinski definition) is 1. The number of halogens is 4. The van der Waals surface area contributed by atoms with Crippen LogP contribution in [-0.2, 0) is 25.7 Å². The number of rotatable bonds is 10. The minimum atomic E-state index is -4.87. The monoisotopic (exact) mass is 519 g/mol. The predicted octanol–water partition coefficient (Wildman–Crippen LogP) is 5.75. The zero-order valence-electron chi connectivity index (χ0n) is 18.8. The van der Waals surface area contributed by atoms with Gasteiger partial charge in [0.1, 0.15) is 18.2 Å². The molecule has 1 N–H and O–H groups in total. The van der Waals surface area contributed by atoms with Crippen molar-refractivity contribution in [3.8, 4) is 5.75 Å². The van der Waals surface area contributed by atoms with E-state index in [0.29, 0.717) is 17.5 Å². The van der Waals surface area contributed by atoms with Crippen LogP contribution in [0.4, 0.5) is 22.7 Å². The number of amides is 1. The number of alkyl halides is 3. The van der Waals surface area contributed by atoms with Crippen molar-refractivity contribution in [2.24, 2.45) is 0 Å². The first kappa shape index (κ1) is 25.3. The molecule has 12 heteroatoms. The standard InChI is InChI=1S/C24H21F4N5O2S/c25-20-6-3-5-19(24(26,27)28)21(20)22(34)31-23-30-17(15-36-23)14-35-18-9-7-16(8-10-18)4-1-2-12-33-13-11-29-32-33/h3,5-11,13,15H,1-2,4,12,14H2,(H,30,31,34). The molecule has 0 radical (unpaired) electrons. The minimum absolute atomic E-state index is 0.0382. The third kappa shape index (κ3) is 6.66. The van der Waals surface area contributed by atoms with Gasteiger partial charge in [0.25, 0.3) is 5.91 Å². The van der Waals surface area contributed by atoms with E-state index in [1.807, 2.05) is 30.5 Å². The van der Waals surface area contributed by atoms with Crippen LogP contribution in [-0.4, -0.2) is 25.9 Å². The first-order chi connectivity index (χ1) is 17.3. The molecule has 4 aromatic rings. The Balaban J connectivity index is 1.27. The number of aryl methyl sites for hydroxylation is 2. The Morgan fingerprint density at radius 1 is 1.11 bits per heavy atom. The van der Waals surface area contributed by atoms with Gasteiger partial charge in [-0.3, -0.25) is 14.8 Å². The van der Waals surface area contributed by atoms with Crippen molar-refractivity contribution in [1.29, 1.82) is 0 Å². The van der Waals surface area contributed by atoms with Gasteiger partial charge in [-0.05, 0) is 49.1 Å². The smallest absolute Gasteiger partial charge is 0.417 e.